The van der Waals surface area contributed by atoms with Gasteiger partial charge in [-0.15, -0.1) is 0 Å². The zero-order valence-corrected chi connectivity index (χ0v) is 7.93. The van der Waals surface area contributed by atoms with Gasteiger partial charge in [0.2, 0.25) is 5.75 Å². The van der Waals surface area contributed by atoms with Crippen molar-refractivity contribution in [2.45, 2.75) is 0 Å². The summed E-state index contributed by atoms with van der Waals surface area (Å²) in [4.78, 5) is 11.6. The summed E-state index contributed by atoms with van der Waals surface area (Å²) in [6.45, 7) is 0. The first-order chi connectivity index (χ1) is 7.70. The Labute approximate surface area is 88.1 Å². The Morgan fingerprint density at radius 2 is 1.62 bits per heavy atom. The number of furan rings is 1. The molecule has 0 unspecified atom stereocenters. The SMILES string of the molecule is O=c1ccoc2c(O)c3occc3c(O)c12. The van der Waals surface area contributed by atoms with Gasteiger partial charge < -0.3 is 19.0 Å². The average molecular weight is 218 g/mol. The van der Waals surface area contributed by atoms with Crippen LogP contribution in [0.5, 0.6) is 11.5 Å². The Bertz CT molecular complexity index is 750. The van der Waals surface area contributed by atoms with Crippen molar-refractivity contribution >= 4 is 21.9 Å². The molecule has 3 aromatic rings. The number of hydrogen-bond acceptors (Lipinski definition) is 5. The number of benzene rings is 1. The second kappa shape index (κ2) is 2.79. The molecule has 2 aromatic heterocycles. The van der Waals surface area contributed by atoms with E-state index in [-0.39, 0.29) is 33.4 Å². The van der Waals surface area contributed by atoms with Crippen LogP contribution in [-0.4, -0.2) is 10.2 Å². The van der Waals surface area contributed by atoms with E-state index in [0.717, 1.165) is 6.26 Å². The summed E-state index contributed by atoms with van der Waals surface area (Å²) >= 11 is 0. The molecule has 3 rings (SSSR count). The van der Waals surface area contributed by atoms with Gasteiger partial charge in [-0.3, -0.25) is 4.79 Å². The molecule has 0 fully saturated rings. The van der Waals surface area contributed by atoms with Crippen LogP contribution in [0.4, 0.5) is 0 Å². The molecule has 0 atom stereocenters. The van der Waals surface area contributed by atoms with Gasteiger partial charge in [-0.25, -0.2) is 0 Å². The van der Waals surface area contributed by atoms with Gasteiger partial charge in [-0.2, -0.15) is 0 Å². The van der Waals surface area contributed by atoms with Crippen LogP contribution < -0.4 is 5.43 Å². The van der Waals surface area contributed by atoms with Crippen LogP contribution in [-0.2, 0) is 0 Å². The predicted octanol–water partition coefficient (Wildman–Crippen LogP) is 1.95. The fourth-order valence-electron chi connectivity index (χ4n) is 1.73. The number of fused-ring (bicyclic) bond motifs is 2. The van der Waals surface area contributed by atoms with E-state index in [1.54, 1.807) is 0 Å². The highest BCUT2D eigenvalue weighted by atomic mass is 16.4. The van der Waals surface area contributed by atoms with Crippen molar-refractivity contribution < 1.29 is 19.0 Å². The molecular formula is C11H6O5. The number of rotatable bonds is 0. The Balaban J connectivity index is 2.76. The summed E-state index contributed by atoms with van der Waals surface area (Å²) < 4.78 is 10.0. The smallest absolute Gasteiger partial charge is 0.203 e. The monoisotopic (exact) mass is 218 g/mol. The van der Waals surface area contributed by atoms with Crippen LogP contribution in [0.15, 0.2) is 38.3 Å². The highest BCUT2D eigenvalue weighted by Crippen LogP contribution is 2.40. The summed E-state index contributed by atoms with van der Waals surface area (Å²) in [5.41, 5.74) is -0.399. The van der Waals surface area contributed by atoms with Crippen molar-refractivity contribution in [3.63, 3.8) is 0 Å². The zero-order chi connectivity index (χ0) is 11.3. The lowest BCUT2D eigenvalue weighted by molar-refractivity contribution is 0.449. The Morgan fingerprint density at radius 1 is 0.938 bits per heavy atom. The second-order valence-electron chi connectivity index (χ2n) is 3.35. The van der Waals surface area contributed by atoms with E-state index in [0.29, 0.717) is 0 Å². The molecule has 5 heteroatoms. The first-order valence-electron chi connectivity index (χ1n) is 4.53. The van der Waals surface area contributed by atoms with E-state index >= 15 is 0 Å². The fraction of sp³-hybridized carbons (Fsp3) is 0. The molecule has 0 aliphatic heterocycles. The van der Waals surface area contributed by atoms with Crippen molar-refractivity contribution in [2.75, 3.05) is 0 Å². The minimum atomic E-state index is -0.419. The summed E-state index contributed by atoms with van der Waals surface area (Å²) in [6.07, 6.45) is 2.46. The quantitative estimate of drug-likeness (QED) is 0.563. The number of hydrogen-bond donors (Lipinski definition) is 2. The minimum absolute atomic E-state index is 0.0473. The normalized spacial score (nSPS) is 11.2. The second-order valence-corrected chi connectivity index (χ2v) is 3.35. The third kappa shape index (κ3) is 0.916. The molecular weight excluding hydrogens is 212 g/mol. The van der Waals surface area contributed by atoms with E-state index in [9.17, 15) is 15.0 Å². The third-order valence-electron chi connectivity index (χ3n) is 2.47. The van der Waals surface area contributed by atoms with Gasteiger partial charge in [0.25, 0.3) is 0 Å². The topological polar surface area (TPSA) is 83.8 Å². The van der Waals surface area contributed by atoms with E-state index in [1.807, 2.05) is 0 Å². The zero-order valence-electron chi connectivity index (χ0n) is 7.93. The molecule has 0 radical (unpaired) electrons. The predicted molar refractivity (Wildman–Crippen MR) is 55.6 cm³/mol. The van der Waals surface area contributed by atoms with Gasteiger partial charge in [0.05, 0.1) is 17.9 Å². The van der Waals surface area contributed by atoms with Crippen LogP contribution in [0.25, 0.3) is 21.9 Å². The molecule has 5 nitrogen and oxygen atoms in total. The van der Waals surface area contributed by atoms with Crippen LogP contribution in [0.3, 0.4) is 0 Å². The minimum Gasteiger partial charge on any atom is -0.506 e. The summed E-state index contributed by atoms with van der Waals surface area (Å²) in [7, 11) is 0. The molecule has 0 aliphatic rings. The standard InChI is InChI=1S/C11H6O5/c12-6-2-4-16-11-7(6)8(13)5-1-3-15-10(5)9(11)14/h1-4,13-14H. The molecule has 0 bridgehead atoms. The van der Waals surface area contributed by atoms with Crippen LogP contribution in [0, 0.1) is 0 Å². The lowest BCUT2D eigenvalue weighted by atomic mass is 10.1. The Kier molecular flexibility index (Phi) is 1.54. The van der Waals surface area contributed by atoms with Gasteiger partial charge in [0.1, 0.15) is 11.1 Å². The molecule has 2 heterocycles. The molecule has 0 spiro atoms. The summed E-state index contributed by atoms with van der Waals surface area (Å²) in [5.74, 6) is -0.531. The van der Waals surface area contributed by atoms with Gasteiger partial charge in [-0.05, 0) is 6.07 Å². The molecule has 16 heavy (non-hydrogen) atoms. The van der Waals surface area contributed by atoms with Crippen LogP contribution in [0.1, 0.15) is 0 Å². The van der Waals surface area contributed by atoms with E-state index < -0.39 is 5.43 Å². The summed E-state index contributed by atoms with van der Waals surface area (Å²) in [6, 6.07) is 2.64. The first kappa shape index (κ1) is 8.84. The fourth-order valence-corrected chi connectivity index (χ4v) is 1.73. The van der Waals surface area contributed by atoms with Crippen molar-refractivity contribution in [1.82, 2.24) is 0 Å². The molecule has 1 aromatic carbocycles. The molecule has 80 valence electrons. The number of phenolic OH excluding ortho intramolecular Hbond substituents is 2. The number of phenols is 2. The molecule has 0 saturated heterocycles. The summed E-state index contributed by atoms with van der Waals surface area (Å²) in [5, 5.41) is 19.9. The van der Waals surface area contributed by atoms with E-state index in [4.69, 9.17) is 8.83 Å². The van der Waals surface area contributed by atoms with Crippen molar-refractivity contribution in [1.29, 1.82) is 0 Å². The van der Waals surface area contributed by atoms with Crippen molar-refractivity contribution in [3.8, 4) is 11.5 Å². The van der Waals surface area contributed by atoms with Gasteiger partial charge in [0, 0.05) is 6.07 Å². The number of aromatic hydroxyl groups is 2. The maximum atomic E-state index is 11.6. The Hall–Kier alpha value is -2.43. The molecule has 0 amide bonds. The van der Waals surface area contributed by atoms with Crippen LogP contribution >= 0.6 is 0 Å². The molecule has 0 aliphatic carbocycles. The first-order valence-corrected chi connectivity index (χ1v) is 4.53. The van der Waals surface area contributed by atoms with Crippen molar-refractivity contribution in [2.24, 2.45) is 0 Å². The lowest BCUT2D eigenvalue weighted by Crippen LogP contribution is -1.98. The highest BCUT2D eigenvalue weighted by molar-refractivity contribution is 6.05. The molecule has 2 N–H and O–H groups in total. The van der Waals surface area contributed by atoms with E-state index in [2.05, 4.69) is 0 Å². The van der Waals surface area contributed by atoms with Crippen molar-refractivity contribution in [3.05, 3.63) is 34.9 Å². The Morgan fingerprint density at radius 3 is 2.44 bits per heavy atom. The van der Waals surface area contributed by atoms with Crippen LogP contribution in [0.2, 0.25) is 0 Å². The van der Waals surface area contributed by atoms with Gasteiger partial charge in [-0.1, -0.05) is 0 Å². The lowest BCUT2D eigenvalue weighted by Gasteiger charge is -2.02. The third-order valence-corrected chi connectivity index (χ3v) is 2.47. The maximum Gasteiger partial charge on any atom is 0.203 e. The maximum absolute atomic E-state index is 11.6. The largest absolute Gasteiger partial charge is 0.506 e. The van der Waals surface area contributed by atoms with Gasteiger partial charge in [0.15, 0.2) is 16.6 Å². The highest BCUT2D eigenvalue weighted by Gasteiger charge is 2.18. The van der Waals surface area contributed by atoms with Gasteiger partial charge >= 0.3 is 0 Å². The molecule has 0 saturated carbocycles. The average Bonchev–Trinajstić information content (AvgIpc) is 2.75. The van der Waals surface area contributed by atoms with E-state index in [1.165, 1.54) is 18.4 Å².